The van der Waals surface area contributed by atoms with Crippen LogP contribution in [-0.4, -0.2) is 102 Å². The first-order chi connectivity index (χ1) is 21.2. The minimum absolute atomic E-state index is 0.0279. The van der Waals surface area contributed by atoms with Gasteiger partial charge in [0.1, 0.15) is 5.82 Å². The number of ether oxygens (including phenoxy) is 1. The summed E-state index contributed by atoms with van der Waals surface area (Å²) in [4.78, 5) is 32.8. The van der Waals surface area contributed by atoms with Crippen molar-refractivity contribution in [1.29, 1.82) is 0 Å². The van der Waals surface area contributed by atoms with Crippen LogP contribution in [-0.2, 0) is 38.9 Å². The summed E-state index contributed by atoms with van der Waals surface area (Å²) in [7, 11) is -1.97. The molecule has 2 saturated heterocycles. The quantitative estimate of drug-likeness (QED) is 0.356. The van der Waals surface area contributed by atoms with Gasteiger partial charge in [0.05, 0.1) is 43.7 Å². The summed E-state index contributed by atoms with van der Waals surface area (Å²) in [5.74, 6) is 0.649. The van der Waals surface area contributed by atoms with Crippen LogP contribution in [0.15, 0.2) is 4.79 Å². The Labute approximate surface area is 273 Å². The van der Waals surface area contributed by atoms with Gasteiger partial charge in [-0.25, -0.2) is 22.2 Å². The molecule has 45 heavy (non-hydrogen) atoms. The number of carbonyl (C=O) groups excluding carboxylic acids is 1. The van der Waals surface area contributed by atoms with E-state index >= 15 is 0 Å². The van der Waals surface area contributed by atoms with Crippen molar-refractivity contribution in [3.63, 3.8) is 0 Å². The number of alkyl halides is 3. The van der Waals surface area contributed by atoms with Gasteiger partial charge < -0.3 is 10.1 Å². The number of likely N-dealkylation sites (N-methyl/N-ethyl adjacent to an activating group) is 1. The molecule has 0 bridgehead atoms. The fourth-order valence-electron chi connectivity index (χ4n) is 8.00. The van der Waals surface area contributed by atoms with Gasteiger partial charge >= 0.3 is 0 Å². The average molecular weight is 694 g/mol. The Bertz CT molecular complexity index is 1400. The molecule has 2 N–H and O–H groups in total. The first kappa shape index (κ1) is 35.0. The van der Waals surface area contributed by atoms with Gasteiger partial charge in [0.2, 0.25) is 15.9 Å². The summed E-state index contributed by atoms with van der Waals surface area (Å²) in [6.45, 7) is 4.26. The molecule has 1 aromatic heterocycles. The molecule has 2 aliphatic heterocycles. The van der Waals surface area contributed by atoms with Crippen molar-refractivity contribution in [2.24, 2.45) is 17.8 Å². The van der Waals surface area contributed by atoms with Crippen molar-refractivity contribution in [3.8, 4) is 0 Å². The highest BCUT2D eigenvalue weighted by atomic mass is 35.5. The number of amides is 1. The second kappa shape index (κ2) is 14.4. The normalized spacial score (nSPS) is 33.7. The van der Waals surface area contributed by atoms with Crippen molar-refractivity contribution in [2.45, 2.75) is 107 Å². The zero-order valence-electron chi connectivity index (χ0n) is 26.4. The van der Waals surface area contributed by atoms with E-state index in [1.807, 2.05) is 6.92 Å². The second-order valence-corrected chi connectivity index (χ2v) is 17.0. The highest BCUT2D eigenvalue weighted by Crippen LogP contribution is 2.48. The number of halogens is 3. The molecule has 10 nitrogen and oxygen atoms in total. The molecule has 1 saturated carbocycles. The van der Waals surface area contributed by atoms with Crippen molar-refractivity contribution in [2.75, 3.05) is 32.2 Å². The van der Waals surface area contributed by atoms with Gasteiger partial charge in [0.25, 0.3) is 12.0 Å². The van der Waals surface area contributed by atoms with E-state index in [4.69, 9.17) is 21.3 Å². The van der Waals surface area contributed by atoms with E-state index in [0.29, 0.717) is 49.6 Å². The first-order valence-corrected chi connectivity index (χ1v) is 19.3. The third kappa shape index (κ3) is 8.22. The summed E-state index contributed by atoms with van der Waals surface area (Å²) in [5.41, 5.74) is 1.26. The number of aromatic nitrogens is 2. The maximum atomic E-state index is 13.6. The van der Waals surface area contributed by atoms with Gasteiger partial charge in [-0.3, -0.25) is 23.8 Å². The number of carbonyl (C=O) groups is 1. The van der Waals surface area contributed by atoms with E-state index in [1.165, 1.54) is 0 Å². The van der Waals surface area contributed by atoms with E-state index in [1.54, 1.807) is 28.3 Å². The molecule has 254 valence electrons. The van der Waals surface area contributed by atoms with E-state index in [9.17, 15) is 26.8 Å². The summed E-state index contributed by atoms with van der Waals surface area (Å²) in [6.07, 6.45) is 3.52. The summed E-state index contributed by atoms with van der Waals surface area (Å²) >= 11 is 8.44. The highest BCUT2D eigenvalue weighted by Gasteiger charge is 2.52. The molecule has 15 heteroatoms. The van der Waals surface area contributed by atoms with Crippen LogP contribution in [0.5, 0.6) is 0 Å². The van der Waals surface area contributed by atoms with Crippen LogP contribution < -0.4 is 15.6 Å². The lowest BCUT2D eigenvalue weighted by atomic mass is 9.70. The monoisotopic (exact) mass is 693 g/mol. The molecule has 3 fully saturated rings. The number of nitrogens with zero attached hydrogens (tertiary/aromatic N) is 3. The number of sulfonamides is 1. The van der Waals surface area contributed by atoms with Crippen molar-refractivity contribution < 1.29 is 26.7 Å². The third-order valence-corrected chi connectivity index (χ3v) is 12.7. The zero-order chi connectivity index (χ0) is 32.6. The predicted octanol–water partition coefficient (Wildman–Crippen LogP) is 2.57. The van der Waals surface area contributed by atoms with Crippen LogP contribution in [0.3, 0.4) is 0 Å². The van der Waals surface area contributed by atoms with Gasteiger partial charge in [-0.2, -0.15) is 11.8 Å². The summed E-state index contributed by atoms with van der Waals surface area (Å²) in [5, 5.41) is 3.73. The molecule has 4 aliphatic rings. The molecule has 0 radical (unpaired) electrons. The Morgan fingerprint density at radius 1 is 1.27 bits per heavy atom. The number of nitrogens with one attached hydrogen (secondary N) is 2. The molecular formula is C30H46ClF2N5O5S2. The van der Waals surface area contributed by atoms with Gasteiger partial charge in [-0.05, 0) is 77.7 Å². The lowest BCUT2D eigenvalue weighted by molar-refractivity contribution is -0.123. The first-order valence-electron chi connectivity index (χ1n) is 15.9. The minimum Gasteiger partial charge on any atom is -0.376 e. The smallest absolute Gasteiger partial charge is 0.257 e. The van der Waals surface area contributed by atoms with Crippen LogP contribution in [0.1, 0.15) is 56.1 Å². The van der Waals surface area contributed by atoms with E-state index < -0.39 is 28.3 Å². The molecule has 9 unspecified atom stereocenters. The summed E-state index contributed by atoms with van der Waals surface area (Å²) < 4.78 is 59.9. The molecule has 5 rings (SSSR count). The molecule has 9 atom stereocenters. The van der Waals surface area contributed by atoms with Gasteiger partial charge in [0.15, 0.2) is 0 Å². The lowest BCUT2D eigenvalue weighted by Crippen LogP contribution is -2.58. The molecule has 1 aromatic rings. The van der Waals surface area contributed by atoms with Gasteiger partial charge in [0, 0.05) is 40.1 Å². The SMILES string of the molecule is Cc1nc2c(c(=O)n1CCOC1CCC(Cl)CC1C1CC(C)NC3C(C(=O)NS(C)(=O)=O)CSC13)CC(N(C)CC(F)F)CC2. The fourth-order valence-corrected chi connectivity index (χ4v) is 10.7. The third-order valence-electron chi connectivity index (χ3n) is 10.1. The van der Waals surface area contributed by atoms with E-state index in [-0.39, 0.29) is 58.8 Å². The molecular weight excluding hydrogens is 648 g/mol. The van der Waals surface area contributed by atoms with Crippen molar-refractivity contribution in [3.05, 3.63) is 27.4 Å². The van der Waals surface area contributed by atoms with Crippen LogP contribution in [0.4, 0.5) is 8.78 Å². The average Bonchev–Trinajstić information content (AvgIpc) is 3.37. The zero-order valence-corrected chi connectivity index (χ0v) is 28.8. The molecule has 0 aromatic carbocycles. The molecule has 1 amide bonds. The minimum atomic E-state index is -3.65. The van der Waals surface area contributed by atoms with Crippen molar-refractivity contribution in [1.82, 2.24) is 24.5 Å². The maximum absolute atomic E-state index is 13.6. The number of fused-ring (bicyclic) bond motifs is 2. The number of piperidine rings is 1. The van der Waals surface area contributed by atoms with E-state index in [0.717, 1.165) is 37.6 Å². The Morgan fingerprint density at radius 2 is 2.02 bits per heavy atom. The number of hydrogen-bond acceptors (Lipinski definition) is 9. The lowest BCUT2D eigenvalue weighted by Gasteiger charge is -2.47. The van der Waals surface area contributed by atoms with E-state index in [2.05, 4.69) is 17.0 Å². The Hall–Kier alpha value is -1.32. The number of aryl methyl sites for hydroxylation is 2. The number of rotatable bonds is 10. The van der Waals surface area contributed by atoms with Crippen LogP contribution in [0, 0.1) is 24.7 Å². The standard InChI is InChI=1S/C30H46ClF2N5O5S2/c1-16-11-21(28-27(34-16)23(15-44-28)29(39)36-45(4,41)42)20-12-18(31)5-8-25(20)43-10-9-38-17(2)35-24-7-6-19(13-22(24)30(38)40)37(3)14-26(32)33/h16,18-21,23,25-28,34H,5-15H2,1-4H3,(H,36,39). The van der Waals surface area contributed by atoms with Gasteiger partial charge in [-0.1, -0.05) is 0 Å². The Kier molecular flexibility index (Phi) is 11.2. The predicted molar refractivity (Wildman–Crippen MR) is 172 cm³/mol. The largest absolute Gasteiger partial charge is 0.376 e. The highest BCUT2D eigenvalue weighted by molar-refractivity contribution is 8.00. The second-order valence-electron chi connectivity index (χ2n) is 13.4. The summed E-state index contributed by atoms with van der Waals surface area (Å²) in [6, 6.07) is -0.124. The molecule has 0 spiro atoms. The number of thioether (sulfide) groups is 1. The Balaban J connectivity index is 1.27. The molecule has 2 aliphatic carbocycles. The van der Waals surface area contributed by atoms with Crippen LogP contribution in [0.2, 0.25) is 0 Å². The topological polar surface area (TPSA) is 123 Å². The maximum Gasteiger partial charge on any atom is 0.257 e. The number of hydrogen-bond donors (Lipinski definition) is 2. The van der Waals surface area contributed by atoms with Crippen LogP contribution >= 0.6 is 23.4 Å². The van der Waals surface area contributed by atoms with Crippen LogP contribution in [0.25, 0.3) is 0 Å². The Morgan fingerprint density at radius 3 is 2.73 bits per heavy atom. The molecule has 3 heterocycles. The van der Waals surface area contributed by atoms with Gasteiger partial charge in [-0.15, -0.1) is 11.6 Å². The van der Waals surface area contributed by atoms with Crippen molar-refractivity contribution >= 4 is 39.3 Å². The fraction of sp³-hybridized carbons (Fsp3) is 0.833.